The highest BCUT2D eigenvalue weighted by Gasteiger charge is 2.29. The molecule has 1 aliphatic heterocycles. The highest BCUT2D eigenvalue weighted by Crippen LogP contribution is 2.23. The van der Waals surface area contributed by atoms with E-state index in [1.165, 1.54) is 5.56 Å². The van der Waals surface area contributed by atoms with Crippen LogP contribution in [-0.2, 0) is 11.2 Å². The number of carbonyl (C=O) groups excluding carboxylic acids is 1. The zero-order chi connectivity index (χ0) is 18.2. The molecular weight excluding hydrogens is 342 g/mol. The summed E-state index contributed by atoms with van der Waals surface area (Å²) in [5, 5.41) is 14.9. The minimum Gasteiger partial charge on any atom is -0.465 e. The fourth-order valence-corrected chi connectivity index (χ4v) is 3.57. The number of halogens is 1. The zero-order valence-electron chi connectivity index (χ0n) is 14.5. The van der Waals surface area contributed by atoms with Crippen molar-refractivity contribution in [3.8, 4) is 0 Å². The average Bonchev–Trinajstić information content (AvgIpc) is 2.59. The average molecular weight is 368 g/mol. The number of nitrogens with zero attached hydrogens (tertiary/aromatic N) is 1. The summed E-state index contributed by atoms with van der Waals surface area (Å²) in [5.74, 6) is 0.0537. The van der Waals surface area contributed by atoms with Crippen molar-refractivity contribution in [2.75, 3.05) is 26.7 Å². The van der Waals surface area contributed by atoms with Gasteiger partial charge >= 0.3 is 6.09 Å². The summed E-state index contributed by atoms with van der Waals surface area (Å²) < 4.78 is 0. The second-order valence-electron chi connectivity index (χ2n) is 6.49. The predicted octanol–water partition coefficient (Wildman–Crippen LogP) is 2.37. The second kappa shape index (κ2) is 9.63. The van der Waals surface area contributed by atoms with E-state index in [2.05, 4.69) is 21.6 Å². The molecule has 0 bridgehead atoms. The van der Waals surface area contributed by atoms with Crippen LogP contribution in [0.2, 0.25) is 5.02 Å². The largest absolute Gasteiger partial charge is 0.465 e. The molecule has 0 aliphatic carbocycles. The maximum absolute atomic E-state index is 11.6. The summed E-state index contributed by atoms with van der Waals surface area (Å²) in [6, 6.07) is 7.58. The first-order valence-corrected chi connectivity index (χ1v) is 9.02. The number of piperidine rings is 1. The maximum Gasteiger partial charge on any atom is 0.404 e. The van der Waals surface area contributed by atoms with Crippen molar-refractivity contribution in [3.05, 3.63) is 34.9 Å². The number of carboxylic acid groups (broad SMARTS) is 1. The monoisotopic (exact) mass is 367 g/mol. The molecular formula is C18H26ClN3O3. The Balaban J connectivity index is 1.82. The lowest BCUT2D eigenvalue weighted by atomic mass is 9.87. The van der Waals surface area contributed by atoms with Crippen molar-refractivity contribution in [1.29, 1.82) is 0 Å². The molecule has 138 valence electrons. The number of rotatable bonds is 7. The summed E-state index contributed by atoms with van der Waals surface area (Å²) in [6.45, 7) is 2.78. The minimum absolute atomic E-state index is 0.137. The molecule has 1 saturated heterocycles. The topological polar surface area (TPSA) is 81.7 Å². The molecule has 3 N–H and O–H groups in total. The molecule has 1 aromatic rings. The number of hydrogen-bond acceptors (Lipinski definition) is 3. The molecule has 0 radical (unpaired) electrons. The van der Waals surface area contributed by atoms with Crippen LogP contribution in [0.3, 0.4) is 0 Å². The van der Waals surface area contributed by atoms with Gasteiger partial charge in [-0.1, -0.05) is 23.7 Å². The molecule has 0 aromatic heterocycles. The summed E-state index contributed by atoms with van der Waals surface area (Å²) in [6.07, 6.45) is 1.84. The molecule has 1 aromatic carbocycles. The van der Waals surface area contributed by atoms with E-state index in [0.29, 0.717) is 0 Å². The van der Waals surface area contributed by atoms with Crippen LogP contribution < -0.4 is 10.6 Å². The Morgan fingerprint density at radius 3 is 2.68 bits per heavy atom. The second-order valence-corrected chi connectivity index (χ2v) is 6.93. The Labute approximate surface area is 153 Å². The molecule has 1 atom stereocenters. The number of amides is 2. The first-order chi connectivity index (χ1) is 12.0. The third-order valence-electron chi connectivity index (χ3n) is 4.80. The highest BCUT2D eigenvalue weighted by molar-refractivity contribution is 6.30. The molecule has 6 nitrogen and oxygen atoms in total. The number of nitrogens with one attached hydrogen (secondary N) is 2. The van der Waals surface area contributed by atoms with E-state index in [9.17, 15) is 9.59 Å². The van der Waals surface area contributed by atoms with Gasteiger partial charge in [-0.3, -0.25) is 4.79 Å². The number of benzene rings is 1. The minimum atomic E-state index is -1.07. The van der Waals surface area contributed by atoms with Gasteiger partial charge in [-0.05, 0) is 56.0 Å². The lowest BCUT2D eigenvalue weighted by Gasteiger charge is -2.35. The van der Waals surface area contributed by atoms with Crippen molar-refractivity contribution in [3.63, 3.8) is 0 Å². The first-order valence-electron chi connectivity index (χ1n) is 8.64. The molecule has 25 heavy (non-hydrogen) atoms. The number of carbonyl (C=O) groups is 2. The van der Waals surface area contributed by atoms with Crippen LogP contribution in [0.15, 0.2) is 24.3 Å². The Morgan fingerprint density at radius 1 is 1.36 bits per heavy atom. The van der Waals surface area contributed by atoms with E-state index in [0.717, 1.165) is 43.9 Å². The van der Waals surface area contributed by atoms with E-state index in [4.69, 9.17) is 16.7 Å². The summed E-state index contributed by atoms with van der Waals surface area (Å²) in [4.78, 5) is 25.0. The van der Waals surface area contributed by atoms with Crippen molar-refractivity contribution in [2.45, 2.75) is 31.7 Å². The summed E-state index contributed by atoms with van der Waals surface area (Å²) in [5.41, 5.74) is 1.22. The van der Waals surface area contributed by atoms with Gasteiger partial charge in [0.15, 0.2) is 0 Å². The van der Waals surface area contributed by atoms with Gasteiger partial charge in [0.1, 0.15) is 0 Å². The quantitative estimate of drug-likeness (QED) is 0.691. The van der Waals surface area contributed by atoms with Crippen molar-refractivity contribution in [2.24, 2.45) is 5.92 Å². The normalized spacial score (nSPS) is 17.0. The van der Waals surface area contributed by atoms with Gasteiger partial charge in [-0.2, -0.15) is 0 Å². The number of likely N-dealkylation sites (tertiary alicyclic amines) is 1. The Morgan fingerprint density at radius 2 is 2.08 bits per heavy atom. The van der Waals surface area contributed by atoms with E-state index < -0.39 is 6.09 Å². The Kier molecular flexibility index (Phi) is 7.52. The molecule has 1 fully saturated rings. The van der Waals surface area contributed by atoms with Gasteiger partial charge in [0.05, 0.1) is 0 Å². The van der Waals surface area contributed by atoms with Gasteiger partial charge in [0.25, 0.3) is 0 Å². The van der Waals surface area contributed by atoms with Crippen LogP contribution >= 0.6 is 11.6 Å². The van der Waals surface area contributed by atoms with Gasteiger partial charge in [-0.25, -0.2) is 4.79 Å². The lowest BCUT2D eigenvalue weighted by molar-refractivity contribution is -0.121. The maximum atomic E-state index is 11.6. The zero-order valence-corrected chi connectivity index (χ0v) is 15.3. The van der Waals surface area contributed by atoms with E-state index in [-0.39, 0.29) is 24.3 Å². The smallest absolute Gasteiger partial charge is 0.404 e. The first kappa shape index (κ1) is 19.5. The highest BCUT2D eigenvalue weighted by atomic mass is 35.5. The van der Waals surface area contributed by atoms with Crippen molar-refractivity contribution >= 4 is 23.6 Å². The number of hydrogen-bond donors (Lipinski definition) is 3. The van der Waals surface area contributed by atoms with Crippen LogP contribution in [0.1, 0.15) is 24.8 Å². The van der Waals surface area contributed by atoms with Gasteiger partial charge < -0.3 is 20.6 Å². The fraction of sp³-hybridized carbons (Fsp3) is 0.556. The van der Waals surface area contributed by atoms with E-state index >= 15 is 0 Å². The molecule has 1 aliphatic rings. The molecule has 1 unspecified atom stereocenters. The van der Waals surface area contributed by atoms with Gasteiger partial charge in [0, 0.05) is 31.1 Å². The molecule has 0 spiro atoms. The van der Waals surface area contributed by atoms with Crippen molar-refractivity contribution < 1.29 is 14.7 Å². The molecule has 7 heteroatoms. The SMILES string of the molecule is CNC(=O)CC(NC(=O)O)C1CCN(CCc2cccc(Cl)c2)CC1. The van der Waals surface area contributed by atoms with Crippen LogP contribution in [0.5, 0.6) is 0 Å². The van der Waals surface area contributed by atoms with Crippen LogP contribution in [0, 0.1) is 5.92 Å². The Hall–Kier alpha value is -1.79. The van der Waals surface area contributed by atoms with Crippen LogP contribution in [0.25, 0.3) is 0 Å². The van der Waals surface area contributed by atoms with Gasteiger partial charge in [-0.15, -0.1) is 0 Å². The lowest BCUT2D eigenvalue weighted by Crippen LogP contribution is -2.47. The summed E-state index contributed by atoms with van der Waals surface area (Å²) in [7, 11) is 1.57. The standard InChI is InChI=1S/C18H26ClN3O3/c1-20-17(23)12-16(21-18(24)25)14-6-9-22(10-7-14)8-5-13-3-2-4-15(19)11-13/h2-4,11,14,16,21H,5-10,12H2,1H3,(H,20,23)(H,24,25). The van der Waals surface area contributed by atoms with E-state index in [1.54, 1.807) is 7.05 Å². The predicted molar refractivity (Wildman–Crippen MR) is 98.0 cm³/mol. The molecule has 2 amide bonds. The molecule has 2 rings (SSSR count). The third-order valence-corrected chi connectivity index (χ3v) is 5.04. The van der Waals surface area contributed by atoms with Crippen LogP contribution in [-0.4, -0.2) is 54.7 Å². The third kappa shape index (κ3) is 6.55. The van der Waals surface area contributed by atoms with Gasteiger partial charge in [0.2, 0.25) is 5.91 Å². The Bertz CT molecular complexity index is 589. The van der Waals surface area contributed by atoms with Crippen LogP contribution in [0.4, 0.5) is 4.79 Å². The fourth-order valence-electron chi connectivity index (χ4n) is 3.35. The summed E-state index contributed by atoms with van der Waals surface area (Å²) >= 11 is 6.01. The molecule has 0 saturated carbocycles. The molecule has 1 heterocycles. The van der Waals surface area contributed by atoms with E-state index in [1.807, 2.05) is 18.2 Å². The van der Waals surface area contributed by atoms with Crippen molar-refractivity contribution in [1.82, 2.24) is 15.5 Å².